The second-order valence-corrected chi connectivity index (χ2v) is 5.52. The van der Waals surface area contributed by atoms with E-state index in [1.54, 1.807) is 21.7 Å². The molecule has 1 aromatic heterocycles. The standard InChI is InChI=1S/C16H17N3O3/c1-11-6-9-19(17-11)14-4-2-12(3-5-14)15(20)18-8-7-13(10-18)16(21)22/h2-6,9,13H,7-8,10H2,1H3,(H,21,22). The average molecular weight is 299 g/mol. The van der Waals surface area contributed by atoms with Crippen LogP contribution in [0.1, 0.15) is 22.5 Å². The largest absolute Gasteiger partial charge is 0.481 e. The first-order chi connectivity index (χ1) is 10.5. The van der Waals surface area contributed by atoms with Crippen molar-refractivity contribution in [3.63, 3.8) is 0 Å². The van der Waals surface area contributed by atoms with Crippen molar-refractivity contribution in [1.29, 1.82) is 0 Å². The topological polar surface area (TPSA) is 75.4 Å². The van der Waals surface area contributed by atoms with Crippen LogP contribution in [0.5, 0.6) is 0 Å². The second kappa shape index (κ2) is 5.63. The van der Waals surface area contributed by atoms with Crippen LogP contribution in [0.4, 0.5) is 0 Å². The molecule has 22 heavy (non-hydrogen) atoms. The molecule has 0 aliphatic carbocycles. The van der Waals surface area contributed by atoms with Gasteiger partial charge in [-0.25, -0.2) is 4.68 Å². The molecule has 6 heteroatoms. The van der Waals surface area contributed by atoms with Crippen LogP contribution in [0, 0.1) is 12.8 Å². The first kappa shape index (κ1) is 14.3. The van der Waals surface area contributed by atoms with E-state index in [4.69, 9.17) is 5.11 Å². The predicted molar refractivity (Wildman–Crippen MR) is 79.9 cm³/mol. The SMILES string of the molecule is Cc1ccn(-c2ccc(C(=O)N3CCC(C(=O)O)C3)cc2)n1. The molecule has 1 aromatic carbocycles. The Morgan fingerprint density at radius 3 is 2.50 bits per heavy atom. The Morgan fingerprint density at radius 1 is 1.23 bits per heavy atom. The van der Waals surface area contributed by atoms with Gasteiger partial charge in [0.2, 0.25) is 0 Å². The molecule has 1 aliphatic heterocycles. The summed E-state index contributed by atoms with van der Waals surface area (Å²) in [4.78, 5) is 24.9. The quantitative estimate of drug-likeness (QED) is 0.936. The summed E-state index contributed by atoms with van der Waals surface area (Å²) in [7, 11) is 0. The van der Waals surface area contributed by atoms with Gasteiger partial charge in [-0.3, -0.25) is 9.59 Å². The molecule has 1 N–H and O–H groups in total. The van der Waals surface area contributed by atoms with Gasteiger partial charge in [0.1, 0.15) is 0 Å². The van der Waals surface area contributed by atoms with Gasteiger partial charge in [0.15, 0.2) is 0 Å². The maximum Gasteiger partial charge on any atom is 0.308 e. The zero-order valence-corrected chi connectivity index (χ0v) is 12.3. The highest BCUT2D eigenvalue weighted by atomic mass is 16.4. The molecule has 1 saturated heterocycles. The number of aromatic nitrogens is 2. The van der Waals surface area contributed by atoms with E-state index in [2.05, 4.69) is 5.10 Å². The van der Waals surface area contributed by atoms with E-state index in [0.717, 1.165) is 11.4 Å². The average Bonchev–Trinajstić information content (AvgIpc) is 3.16. The van der Waals surface area contributed by atoms with Crippen LogP contribution < -0.4 is 0 Å². The third-order valence-corrected chi connectivity index (χ3v) is 3.93. The van der Waals surface area contributed by atoms with Crippen LogP contribution in [0.3, 0.4) is 0 Å². The normalized spacial score (nSPS) is 17.7. The maximum absolute atomic E-state index is 12.4. The zero-order valence-electron chi connectivity index (χ0n) is 12.3. The molecule has 0 spiro atoms. The number of nitrogens with zero attached hydrogens (tertiary/aromatic N) is 3. The molecule has 1 atom stereocenters. The van der Waals surface area contributed by atoms with Gasteiger partial charge in [-0.1, -0.05) is 0 Å². The second-order valence-electron chi connectivity index (χ2n) is 5.52. The fourth-order valence-electron chi connectivity index (χ4n) is 2.64. The number of benzene rings is 1. The van der Waals surface area contributed by atoms with Gasteiger partial charge in [0, 0.05) is 24.8 Å². The summed E-state index contributed by atoms with van der Waals surface area (Å²) in [5, 5.41) is 13.3. The van der Waals surface area contributed by atoms with Gasteiger partial charge in [0.05, 0.1) is 17.3 Å². The van der Waals surface area contributed by atoms with Gasteiger partial charge in [0.25, 0.3) is 5.91 Å². The van der Waals surface area contributed by atoms with Crippen molar-refractivity contribution in [2.45, 2.75) is 13.3 Å². The molecule has 1 amide bonds. The third-order valence-electron chi connectivity index (χ3n) is 3.93. The highest BCUT2D eigenvalue weighted by Gasteiger charge is 2.31. The summed E-state index contributed by atoms with van der Waals surface area (Å²) in [6, 6.07) is 9.09. The highest BCUT2D eigenvalue weighted by molar-refractivity contribution is 5.95. The van der Waals surface area contributed by atoms with Crippen molar-refractivity contribution in [3.05, 3.63) is 47.8 Å². The predicted octanol–water partition coefficient (Wildman–Crippen LogP) is 1.73. The van der Waals surface area contributed by atoms with Gasteiger partial charge >= 0.3 is 5.97 Å². The fourth-order valence-corrected chi connectivity index (χ4v) is 2.64. The monoisotopic (exact) mass is 299 g/mol. The highest BCUT2D eigenvalue weighted by Crippen LogP contribution is 2.19. The summed E-state index contributed by atoms with van der Waals surface area (Å²) >= 11 is 0. The number of aryl methyl sites for hydroxylation is 1. The minimum Gasteiger partial charge on any atom is -0.481 e. The Labute approximate surface area is 128 Å². The van der Waals surface area contributed by atoms with E-state index in [0.29, 0.717) is 18.5 Å². The van der Waals surface area contributed by atoms with Crippen molar-refractivity contribution in [2.24, 2.45) is 5.92 Å². The fraction of sp³-hybridized carbons (Fsp3) is 0.312. The Bertz CT molecular complexity index is 706. The molecule has 1 unspecified atom stereocenters. The van der Waals surface area contributed by atoms with E-state index in [1.807, 2.05) is 31.3 Å². The Balaban J connectivity index is 1.73. The number of hydrogen-bond acceptors (Lipinski definition) is 3. The first-order valence-electron chi connectivity index (χ1n) is 7.19. The lowest BCUT2D eigenvalue weighted by Crippen LogP contribution is -2.29. The smallest absolute Gasteiger partial charge is 0.308 e. The van der Waals surface area contributed by atoms with Crippen LogP contribution in [0.25, 0.3) is 5.69 Å². The summed E-state index contributed by atoms with van der Waals surface area (Å²) in [5.41, 5.74) is 2.38. The number of aliphatic carboxylic acids is 1. The van der Waals surface area contributed by atoms with E-state index >= 15 is 0 Å². The molecule has 114 valence electrons. The van der Waals surface area contributed by atoms with Crippen LogP contribution in [-0.4, -0.2) is 44.8 Å². The first-order valence-corrected chi connectivity index (χ1v) is 7.19. The molecule has 0 saturated carbocycles. The summed E-state index contributed by atoms with van der Waals surface area (Å²) in [6.07, 6.45) is 2.38. The number of likely N-dealkylation sites (tertiary alicyclic amines) is 1. The van der Waals surface area contributed by atoms with Gasteiger partial charge in [-0.05, 0) is 43.7 Å². The van der Waals surface area contributed by atoms with E-state index in [-0.39, 0.29) is 12.5 Å². The van der Waals surface area contributed by atoms with Crippen molar-refractivity contribution < 1.29 is 14.7 Å². The summed E-state index contributed by atoms with van der Waals surface area (Å²) < 4.78 is 1.75. The molecule has 1 aliphatic rings. The zero-order chi connectivity index (χ0) is 15.7. The molecule has 2 aromatic rings. The van der Waals surface area contributed by atoms with E-state index in [1.165, 1.54) is 0 Å². The number of amides is 1. The Hall–Kier alpha value is -2.63. The number of hydrogen-bond donors (Lipinski definition) is 1. The van der Waals surface area contributed by atoms with Crippen LogP contribution in [-0.2, 0) is 4.79 Å². The number of rotatable bonds is 3. The lowest BCUT2D eigenvalue weighted by molar-refractivity contribution is -0.141. The molecule has 6 nitrogen and oxygen atoms in total. The van der Waals surface area contributed by atoms with E-state index in [9.17, 15) is 9.59 Å². The van der Waals surface area contributed by atoms with E-state index < -0.39 is 11.9 Å². The van der Waals surface area contributed by atoms with Crippen molar-refractivity contribution in [2.75, 3.05) is 13.1 Å². The Morgan fingerprint density at radius 2 is 1.95 bits per heavy atom. The molecule has 0 bridgehead atoms. The minimum absolute atomic E-state index is 0.119. The number of carboxylic acid groups (broad SMARTS) is 1. The molecule has 0 radical (unpaired) electrons. The lowest BCUT2D eigenvalue weighted by atomic mass is 10.1. The number of carbonyl (C=O) groups is 2. The van der Waals surface area contributed by atoms with Gasteiger partial charge in [-0.2, -0.15) is 5.10 Å². The maximum atomic E-state index is 12.4. The number of carboxylic acids is 1. The summed E-state index contributed by atoms with van der Waals surface area (Å²) in [5.74, 6) is -1.40. The van der Waals surface area contributed by atoms with Gasteiger partial charge < -0.3 is 10.0 Å². The molecular weight excluding hydrogens is 282 g/mol. The molecule has 1 fully saturated rings. The minimum atomic E-state index is -0.834. The molecule has 3 rings (SSSR count). The van der Waals surface area contributed by atoms with Crippen LogP contribution in [0.2, 0.25) is 0 Å². The summed E-state index contributed by atoms with van der Waals surface area (Å²) in [6.45, 7) is 2.70. The Kier molecular flexibility index (Phi) is 3.66. The lowest BCUT2D eigenvalue weighted by Gasteiger charge is -2.16. The van der Waals surface area contributed by atoms with Crippen LogP contribution in [0.15, 0.2) is 36.5 Å². The van der Waals surface area contributed by atoms with Gasteiger partial charge in [-0.15, -0.1) is 0 Å². The third kappa shape index (κ3) is 2.72. The van der Waals surface area contributed by atoms with Crippen molar-refractivity contribution in [3.8, 4) is 5.69 Å². The van der Waals surface area contributed by atoms with Crippen LogP contribution >= 0.6 is 0 Å². The van der Waals surface area contributed by atoms with Crippen molar-refractivity contribution >= 4 is 11.9 Å². The molecular formula is C16H17N3O3. The van der Waals surface area contributed by atoms with Crippen molar-refractivity contribution in [1.82, 2.24) is 14.7 Å². The molecule has 2 heterocycles. The number of carbonyl (C=O) groups excluding carboxylic acids is 1.